The Morgan fingerprint density at radius 3 is 2.06 bits per heavy atom. The van der Waals surface area contributed by atoms with Gasteiger partial charge in [-0.2, -0.15) is 0 Å². The minimum atomic E-state index is -2.61. The lowest BCUT2D eigenvalue weighted by Gasteiger charge is -2.43. The molecular weight excluding hydrogens is 522 g/mol. The predicted molar refractivity (Wildman–Crippen MR) is 150 cm³/mol. The summed E-state index contributed by atoms with van der Waals surface area (Å²) in [6.45, 7) is 7.31. The first-order chi connectivity index (χ1) is 16.2. The van der Waals surface area contributed by atoms with Gasteiger partial charge >= 0.3 is 0 Å². The zero-order valence-electron chi connectivity index (χ0n) is 20.2. The number of hydrogen-bond acceptors (Lipinski definition) is 3. The summed E-state index contributed by atoms with van der Waals surface area (Å²) >= 11 is 2.31. The zero-order valence-corrected chi connectivity index (χ0v) is 23.6. The molecular formula is C28H32BrNO2SSi. The Morgan fingerprint density at radius 1 is 0.971 bits per heavy atom. The molecule has 0 heterocycles. The Balaban J connectivity index is 1.89. The quantitative estimate of drug-likeness (QED) is 0.242. The van der Waals surface area contributed by atoms with Crippen LogP contribution < -0.4 is 15.1 Å². The van der Waals surface area contributed by atoms with E-state index >= 15 is 0 Å². The van der Waals surface area contributed by atoms with Gasteiger partial charge in [-0.05, 0) is 33.6 Å². The van der Waals surface area contributed by atoms with Crippen LogP contribution in [0.2, 0.25) is 5.04 Å². The van der Waals surface area contributed by atoms with E-state index in [1.54, 1.807) is 6.26 Å². The summed E-state index contributed by atoms with van der Waals surface area (Å²) in [4.78, 5) is 0. The molecule has 0 saturated carbocycles. The summed E-state index contributed by atoms with van der Waals surface area (Å²) in [5, 5.41) is 2.41. The van der Waals surface area contributed by atoms with Gasteiger partial charge in [-0.15, -0.1) is 4.72 Å². The van der Waals surface area contributed by atoms with Crippen molar-refractivity contribution in [2.24, 2.45) is 0 Å². The van der Waals surface area contributed by atoms with Crippen LogP contribution in [0.3, 0.4) is 0 Å². The van der Waals surface area contributed by atoms with Crippen LogP contribution in [0, 0.1) is 11.8 Å². The van der Waals surface area contributed by atoms with Gasteiger partial charge in [0.15, 0.2) is 0 Å². The molecule has 2 atom stereocenters. The Labute approximate surface area is 216 Å². The molecule has 3 nitrogen and oxygen atoms in total. The summed E-state index contributed by atoms with van der Waals surface area (Å²) in [7, 11) is -2.61. The van der Waals surface area contributed by atoms with Gasteiger partial charge in [0.2, 0.25) is 0 Å². The highest BCUT2D eigenvalue weighted by Gasteiger charge is 2.50. The van der Waals surface area contributed by atoms with Crippen LogP contribution in [-0.2, 0) is 15.8 Å². The topological polar surface area (TPSA) is 44.3 Å². The molecule has 0 aliphatic carbocycles. The van der Waals surface area contributed by atoms with Crippen molar-refractivity contribution in [3.8, 4) is 11.8 Å². The molecule has 1 N–H and O–H groups in total. The molecule has 0 aliphatic rings. The van der Waals surface area contributed by atoms with Crippen molar-refractivity contribution >= 4 is 46.0 Å². The van der Waals surface area contributed by atoms with E-state index in [4.69, 9.17) is 4.43 Å². The Bertz CT molecular complexity index is 1070. The zero-order chi connectivity index (χ0) is 24.6. The molecule has 0 bridgehead atoms. The standard InChI is InChI=1S/C28H32BrNO2SSi/c1-28(2,3)34(26-14-7-5-8-15-26,27-16-9-6-10-17-27)32-21-20-25(30-33(4)31)19-18-23-12-11-13-24(29)22-23/h5-17,22,25,30H,20-21H2,1-4H3/t25-,33-/m0/s1. The molecule has 178 valence electrons. The Morgan fingerprint density at radius 2 is 1.56 bits per heavy atom. The number of benzene rings is 3. The second-order valence-electron chi connectivity index (χ2n) is 9.20. The van der Waals surface area contributed by atoms with Crippen molar-refractivity contribution in [1.82, 2.24) is 4.72 Å². The summed E-state index contributed by atoms with van der Waals surface area (Å²) < 4.78 is 23.0. The number of nitrogens with one attached hydrogen (secondary N) is 1. The third-order valence-corrected chi connectivity index (χ3v) is 11.8. The van der Waals surface area contributed by atoms with E-state index in [-0.39, 0.29) is 11.1 Å². The maximum absolute atomic E-state index is 12.0. The number of rotatable bonds is 8. The molecule has 0 saturated heterocycles. The molecule has 3 rings (SSSR count). The van der Waals surface area contributed by atoms with Gasteiger partial charge < -0.3 is 8.98 Å². The van der Waals surface area contributed by atoms with Gasteiger partial charge in [0, 0.05) is 34.4 Å². The maximum atomic E-state index is 12.0. The second-order valence-corrected chi connectivity index (χ2v) is 15.6. The third-order valence-electron chi connectivity index (χ3n) is 5.67. The SMILES string of the molecule is C[S@+]([O-])N[C@@H](C#Cc1cccc(Br)c1)CCO[Si](c1ccccc1)(c1ccccc1)C(C)(C)C. The number of hydrogen-bond donors (Lipinski definition) is 1. The van der Waals surface area contributed by atoms with Crippen molar-refractivity contribution in [1.29, 1.82) is 0 Å². The molecule has 0 aliphatic heterocycles. The van der Waals surface area contributed by atoms with Gasteiger partial charge in [0.25, 0.3) is 8.32 Å². The molecule has 0 unspecified atom stereocenters. The fraction of sp³-hybridized carbons (Fsp3) is 0.286. The van der Waals surface area contributed by atoms with E-state index in [2.05, 4.69) is 102 Å². The highest BCUT2D eigenvalue weighted by atomic mass is 79.9. The molecule has 6 heteroatoms. The van der Waals surface area contributed by atoms with Crippen LogP contribution in [0.1, 0.15) is 32.8 Å². The largest absolute Gasteiger partial charge is 0.598 e. The van der Waals surface area contributed by atoms with E-state index < -0.39 is 19.7 Å². The first-order valence-corrected chi connectivity index (χ1v) is 15.6. The highest BCUT2D eigenvalue weighted by molar-refractivity contribution is 9.10. The van der Waals surface area contributed by atoms with Crippen molar-refractivity contribution in [3.63, 3.8) is 0 Å². The van der Waals surface area contributed by atoms with E-state index in [0.717, 1.165) is 10.0 Å². The van der Waals surface area contributed by atoms with Gasteiger partial charge in [-0.3, -0.25) is 0 Å². The number of halogens is 1. The van der Waals surface area contributed by atoms with Crippen molar-refractivity contribution in [2.45, 2.75) is 38.3 Å². The normalized spacial score (nSPS) is 13.6. The van der Waals surface area contributed by atoms with Crippen LogP contribution in [0.4, 0.5) is 0 Å². The van der Waals surface area contributed by atoms with E-state index in [1.165, 1.54) is 10.4 Å². The average Bonchev–Trinajstić information content (AvgIpc) is 2.80. The van der Waals surface area contributed by atoms with Crippen molar-refractivity contribution < 1.29 is 8.98 Å². The minimum Gasteiger partial charge on any atom is -0.598 e. The lowest BCUT2D eigenvalue weighted by molar-refractivity contribution is 0.285. The lowest BCUT2D eigenvalue weighted by atomic mass is 10.2. The fourth-order valence-corrected chi connectivity index (χ4v) is 9.75. The van der Waals surface area contributed by atoms with Crippen LogP contribution >= 0.6 is 15.9 Å². The van der Waals surface area contributed by atoms with E-state index in [1.807, 2.05) is 36.4 Å². The molecule has 3 aromatic rings. The summed E-state index contributed by atoms with van der Waals surface area (Å²) in [5.74, 6) is 6.47. The average molecular weight is 555 g/mol. The van der Waals surface area contributed by atoms with Gasteiger partial charge in [0.1, 0.15) is 12.3 Å². The first-order valence-electron chi connectivity index (χ1n) is 11.3. The van der Waals surface area contributed by atoms with Crippen LogP contribution in [-0.4, -0.2) is 31.8 Å². The summed E-state index contributed by atoms with van der Waals surface area (Å²) in [5.41, 5.74) is 0.913. The second kappa shape index (κ2) is 12.2. The maximum Gasteiger partial charge on any atom is 0.261 e. The Kier molecular flexibility index (Phi) is 9.61. The fourth-order valence-electron chi connectivity index (χ4n) is 4.19. The lowest BCUT2D eigenvalue weighted by Crippen LogP contribution is -2.66. The first kappa shape index (κ1) is 26.7. The van der Waals surface area contributed by atoms with Gasteiger partial charge in [-0.25, -0.2) is 0 Å². The predicted octanol–water partition coefficient (Wildman–Crippen LogP) is 5.02. The summed E-state index contributed by atoms with van der Waals surface area (Å²) in [6, 6.07) is 28.8. The Hall–Kier alpha value is -1.85. The molecule has 0 spiro atoms. The van der Waals surface area contributed by atoms with Crippen molar-refractivity contribution in [2.75, 3.05) is 12.9 Å². The van der Waals surface area contributed by atoms with Crippen molar-refractivity contribution in [3.05, 3.63) is 95.0 Å². The van der Waals surface area contributed by atoms with E-state index in [0.29, 0.717) is 13.0 Å². The molecule has 0 fully saturated rings. The summed E-state index contributed by atoms with van der Waals surface area (Å²) in [6.07, 6.45) is 2.27. The molecule has 3 aromatic carbocycles. The van der Waals surface area contributed by atoms with Gasteiger partial charge in [-0.1, -0.05) is 115 Å². The van der Waals surface area contributed by atoms with Crippen LogP contribution in [0.5, 0.6) is 0 Å². The molecule has 0 aromatic heterocycles. The van der Waals surface area contributed by atoms with E-state index in [9.17, 15) is 4.55 Å². The highest BCUT2D eigenvalue weighted by Crippen LogP contribution is 2.36. The molecule has 0 amide bonds. The monoisotopic (exact) mass is 553 g/mol. The molecule has 34 heavy (non-hydrogen) atoms. The smallest absolute Gasteiger partial charge is 0.261 e. The van der Waals surface area contributed by atoms with Crippen LogP contribution in [0.25, 0.3) is 0 Å². The third kappa shape index (κ3) is 6.85. The molecule has 0 radical (unpaired) electrons. The van der Waals surface area contributed by atoms with Gasteiger partial charge in [0.05, 0.1) is 0 Å². The van der Waals surface area contributed by atoms with Crippen LogP contribution in [0.15, 0.2) is 89.4 Å². The minimum absolute atomic E-state index is 0.0891.